The number of nitrogens with zero attached hydrogens (tertiary/aromatic N) is 3. The molecule has 2 aromatic rings. The summed E-state index contributed by atoms with van der Waals surface area (Å²) in [6, 6.07) is 6.61. The van der Waals surface area contributed by atoms with Crippen LogP contribution < -0.4 is 0 Å². The summed E-state index contributed by atoms with van der Waals surface area (Å²) in [7, 11) is 0. The van der Waals surface area contributed by atoms with Gasteiger partial charge in [-0.2, -0.15) is 23.5 Å². The van der Waals surface area contributed by atoms with E-state index in [1.165, 1.54) is 6.07 Å². The zero-order valence-corrected chi connectivity index (χ0v) is 11.3. The average molecular weight is 300 g/mol. The van der Waals surface area contributed by atoms with Crippen LogP contribution in [0.25, 0.3) is 5.69 Å². The van der Waals surface area contributed by atoms with Crippen molar-refractivity contribution in [2.75, 3.05) is 0 Å². The summed E-state index contributed by atoms with van der Waals surface area (Å²) in [4.78, 5) is 0. The van der Waals surface area contributed by atoms with Gasteiger partial charge in [-0.15, -0.1) is 0 Å². The van der Waals surface area contributed by atoms with Gasteiger partial charge >= 0.3 is 6.18 Å². The monoisotopic (exact) mass is 299 g/mol. The van der Waals surface area contributed by atoms with Gasteiger partial charge in [-0.1, -0.05) is 29.3 Å². The third-order valence-electron chi connectivity index (χ3n) is 2.79. The molecule has 3 nitrogen and oxygen atoms in total. The molecule has 0 unspecified atom stereocenters. The zero-order valence-electron chi connectivity index (χ0n) is 10.6. The van der Waals surface area contributed by atoms with Gasteiger partial charge in [-0.3, -0.25) is 0 Å². The number of aryl methyl sites for hydroxylation is 2. The number of benzene rings is 1. The first-order valence-electron chi connectivity index (χ1n) is 5.59. The normalized spacial score (nSPS) is 11.4. The molecule has 0 atom stereocenters. The van der Waals surface area contributed by atoms with E-state index in [1.54, 1.807) is 25.1 Å². The lowest BCUT2D eigenvalue weighted by Crippen LogP contribution is -2.09. The van der Waals surface area contributed by atoms with Crippen LogP contribution in [0, 0.1) is 25.2 Å². The topological polar surface area (TPSA) is 41.6 Å². The molecule has 0 saturated heterocycles. The van der Waals surface area contributed by atoms with Gasteiger partial charge in [0.25, 0.3) is 0 Å². The second kappa shape index (κ2) is 4.84. The van der Waals surface area contributed by atoms with Crippen molar-refractivity contribution in [1.82, 2.24) is 9.78 Å². The lowest BCUT2D eigenvalue weighted by atomic mass is 10.1. The highest BCUT2D eigenvalue weighted by molar-refractivity contribution is 6.31. The number of nitriles is 1. The van der Waals surface area contributed by atoms with Crippen molar-refractivity contribution in [2.24, 2.45) is 0 Å². The first kappa shape index (κ1) is 14.4. The third-order valence-corrected chi connectivity index (χ3v) is 3.14. The smallest absolute Gasteiger partial charge is 0.220 e. The predicted molar refractivity (Wildman–Crippen MR) is 67.8 cm³/mol. The van der Waals surface area contributed by atoms with Gasteiger partial charge < -0.3 is 0 Å². The Balaban J connectivity index is 2.71. The molecule has 20 heavy (non-hydrogen) atoms. The maximum absolute atomic E-state index is 12.8. The minimum atomic E-state index is -4.72. The van der Waals surface area contributed by atoms with E-state index in [2.05, 4.69) is 5.10 Å². The lowest BCUT2D eigenvalue weighted by Gasteiger charge is -2.08. The van der Waals surface area contributed by atoms with Gasteiger partial charge in [-0.25, -0.2) is 4.68 Å². The molecule has 0 saturated carbocycles. The number of hydrogen-bond acceptors (Lipinski definition) is 2. The SMILES string of the molecule is Cc1ccc(-n2nc(C(F)(F)F)c(C#N)c2Cl)c(C)c1. The Morgan fingerprint density at radius 1 is 1.30 bits per heavy atom. The molecule has 0 aliphatic rings. The van der Waals surface area contributed by atoms with Crippen molar-refractivity contribution in [3.8, 4) is 11.8 Å². The summed E-state index contributed by atoms with van der Waals surface area (Å²) in [5.74, 6) is 0. The van der Waals surface area contributed by atoms with Crippen LogP contribution in [0.15, 0.2) is 18.2 Å². The molecule has 7 heteroatoms. The van der Waals surface area contributed by atoms with Gasteiger partial charge in [-0.05, 0) is 25.5 Å². The fourth-order valence-corrected chi connectivity index (χ4v) is 2.16. The summed E-state index contributed by atoms with van der Waals surface area (Å²) in [6.45, 7) is 3.60. The number of hydrogen-bond donors (Lipinski definition) is 0. The average Bonchev–Trinajstić information content (AvgIpc) is 2.66. The molecule has 0 spiro atoms. The van der Waals surface area contributed by atoms with E-state index in [-0.39, 0.29) is 5.15 Å². The van der Waals surface area contributed by atoms with Gasteiger partial charge in [0, 0.05) is 0 Å². The first-order chi connectivity index (χ1) is 9.25. The molecule has 0 fully saturated rings. The van der Waals surface area contributed by atoms with Crippen LogP contribution in [0.4, 0.5) is 13.2 Å². The van der Waals surface area contributed by atoms with Crippen molar-refractivity contribution >= 4 is 11.6 Å². The molecule has 0 aliphatic carbocycles. The zero-order chi connectivity index (χ0) is 15.1. The van der Waals surface area contributed by atoms with Crippen molar-refractivity contribution < 1.29 is 13.2 Å². The Hall–Kier alpha value is -2.00. The number of rotatable bonds is 1. The quantitative estimate of drug-likeness (QED) is 0.797. The van der Waals surface area contributed by atoms with Crippen LogP contribution >= 0.6 is 11.6 Å². The highest BCUT2D eigenvalue weighted by Crippen LogP contribution is 2.35. The molecule has 104 valence electrons. The maximum atomic E-state index is 12.8. The molecular weight excluding hydrogens is 291 g/mol. The Kier molecular flexibility index (Phi) is 3.48. The van der Waals surface area contributed by atoms with E-state index >= 15 is 0 Å². The van der Waals surface area contributed by atoms with E-state index in [9.17, 15) is 13.2 Å². The highest BCUT2D eigenvalue weighted by atomic mass is 35.5. The molecular formula is C13H9ClF3N3. The Labute approximate surface area is 118 Å². The Bertz CT molecular complexity index is 711. The van der Waals surface area contributed by atoms with Crippen LogP contribution in [0.1, 0.15) is 22.4 Å². The lowest BCUT2D eigenvalue weighted by molar-refractivity contribution is -0.141. The van der Waals surface area contributed by atoms with Crippen molar-refractivity contribution in [2.45, 2.75) is 20.0 Å². The van der Waals surface area contributed by atoms with Crippen molar-refractivity contribution in [1.29, 1.82) is 5.26 Å². The standard InChI is InChI=1S/C13H9ClF3N3/c1-7-3-4-10(8(2)5-7)20-12(14)9(6-18)11(19-20)13(15,16)17/h3-5H,1-2H3. The third kappa shape index (κ3) is 2.37. The fraction of sp³-hybridized carbons (Fsp3) is 0.231. The Morgan fingerprint density at radius 3 is 2.40 bits per heavy atom. The molecule has 0 aliphatic heterocycles. The summed E-state index contributed by atoms with van der Waals surface area (Å²) in [5.41, 5.74) is 0.149. The van der Waals surface area contributed by atoms with Crippen LogP contribution in [0.3, 0.4) is 0 Å². The highest BCUT2D eigenvalue weighted by Gasteiger charge is 2.39. The van der Waals surface area contributed by atoms with Crippen LogP contribution in [-0.4, -0.2) is 9.78 Å². The minimum absolute atomic E-state index is 0.341. The van der Waals surface area contributed by atoms with E-state index < -0.39 is 17.4 Å². The molecule has 1 aromatic heterocycles. The first-order valence-corrected chi connectivity index (χ1v) is 5.97. The Morgan fingerprint density at radius 2 is 1.95 bits per heavy atom. The van der Waals surface area contributed by atoms with E-state index in [4.69, 9.17) is 16.9 Å². The number of aromatic nitrogens is 2. The molecule has 1 heterocycles. The molecule has 2 rings (SSSR count). The minimum Gasteiger partial charge on any atom is -0.220 e. The van der Waals surface area contributed by atoms with E-state index in [0.717, 1.165) is 10.2 Å². The maximum Gasteiger partial charge on any atom is 0.436 e. The largest absolute Gasteiger partial charge is 0.436 e. The molecule has 0 amide bonds. The predicted octanol–water partition coefficient (Wildman–Crippen LogP) is 4.03. The number of halogens is 4. The molecule has 0 N–H and O–H groups in total. The van der Waals surface area contributed by atoms with Gasteiger partial charge in [0.15, 0.2) is 10.8 Å². The summed E-state index contributed by atoms with van der Waals surface area (Å²) in [5, 5.41) is 12.0. The van der Waals surface area contributed by atoms with E-state index in [1.807, 2.05) is 6.92 Å². The van der Waals surface area contributed by atoms with E-state index in [0.29, 0.717) is 11.3 Å². The second-order valence-corrected chi connectivity index (χ2v) is 4.68. The molecule has 1 aromatic carbocycles. The van der Waals surface area contributed by atoms with Gasteiger partial charge in [0.05, 0.1) is 5.69 Å². The second-order valence-electron chi connectivity index (χ2n) is 4.33. The summed E-state index contributed by atoms with van der Waals surface area (Å²) >= 11 is 5.86. The van der Waals surface area contributed by atoms with Crippen molar-refractivity contribution in [3.05, 3.63) is 45.7 Å². The van der Waals surface area contributed by atoms with Crippen molar-refractivity contribution in [3.63, 3.8) is 0 Å². The van der Waals surface area contributed by atoms with Crippen LogP contribution in [0.5, 0.6) is 0 Å². The molecule has 0 bridgehead atoms. The molecule has 0 radical (unpaired) electrons. The summed E-state index contributed by atoms with van der Waals surface area (Å²) < 4.78 is 39.4. The fourth-order valence-electron chi connectivity index (χ4n) is 1.90. The van der Waals surface area contributed by atoms with Gasteiger partial charge in [0.2, 0.25) is 0 Å². The van der Waals surface area contributed by atoms with Gasteiger partial charge in [0.1, 0.15) is 11.6 Å². The van der Waals surface area contributed by atoms with Crippen LogP contribution in [-0.2, 0) is 6.18 Å². The van der Waals surface area contributed by atoms with Crippen LogP contribution in [0.2, 0.25) is 5.15 Å². The number of alkyl halides is 3. The summed E-state index contributed by atoms with van der Waals surface area (Å²) in [6.07, 6.45) is -4.72.